The fourth-order valence-electron chi connectivity index (χ4n) is 1.14. The molecule has 7 nitrogen and oxygen atoms in total. The van der Waals surface area contributed by atoms with Gasteiger partial charge in [-0.2, -0.15) is 0 Å². The second-order valence-corrected chi connectivity index (χ2v) is 2.86. The van der Waals surface area contributed by atoms with Crippen LogP contribution in [0.1, 0.15) is 0 Å². The standard InChI is InChI=1S/C9H9N3O4/c13-5-6-15-9(14)16-12-8-4-2-1-3-7(8)10-11-12/h1-4,13H,5-6H2. The maximum absolute atomic E-state index is 11.1. The first-order chi connectivity index (χ1) is 7.81. The first-order valence-electron chi connectivity index (χ1n) is 4.57. The van der Waals surface area contributed by atoms with Gasteiger partial charge in [-0.15, -0.1) is 5.10 Å². The van der Waals surface area contributed by atoms with Gasteiger partial charge in [0.25, 0.3) is 0 Å². The molecule has 2 rings (SSSR count). The molecule has 1 aromatic heterocycles. The average molecular weight is 223 g/mol. The average Bonchev–Trinajstić information content (AvgIpc) is 2.70. The van der Waals surface area contributed by atoms with E-state index < -0.39 is 6.16 Å². The van der Waals surface area contributed by atoms with E-state index in [1.165, 1.54) is 0 Å². The van der Waals surface area contributed by atoms with Crippen molar-refractivity contribution >= 4 is 17.2 Å². The van der Waals surface area contributed by atoms with Crippen molar-refractivity contribution in [3.05, 3.63) is 24.3 Å². The van der Waals surface area contributed by atoms with Gasteiger partial charge in [0, 0.05) is 0 Å². The number of carbonyl (C=O) groups excluding carboxylic acids is 1. The summed E-state index contributed by atoms with van der Waals surface area (Å²) in [7, 11) is 0. The van der Waals surface area contributed by atoms with Crippen LogP contribution in [0.3, 0.4) is 0 Å². The first-order valence-corrected chi connectivity index (χ1v) is 4.57. The molecule has 0 atom stereocenters. The smallest absolute Gasteiger partial charge is 0.430 e. The third kappa shape index (κ3) is 2.09. The molecule has 2 aromatic rings. The molecule has 1 heterocycles. The van der Waals surface area contributed by atoms with Crippen molar-refractivity contribution in [1.29, 1.82) is 0 Å². The SMILES string of the molecule is O=C(OCCO)On1nnc2ccccc21. The number of hydrogen-bond acceptors (Lipinski definition) is 6. The maximum atomic E-state index is 11.1. The highest BCUT2D eigenvalue weighted by molar-refractivity contribution is 5.74. The maximum Gasteiger partial charge on any atom is 0.535 e. The molecule has 1 aromatic carbocycles. The molecule has 1 N–H and O–H groups in total. The summed E-state index contributed by atoms with van der Waals surface area (Å²) in [6.07, 6.45) is -0.940. The van der Waals surface area contributed by atoms with E-state index in [4.69, 9.17) is 9.94 Å². The molecule has 0 aliphatic carbocycles. The Morgan fingerprint density at radius 3 is 3.06 bits per heavy atom. The molecule has 0 spiro atoms. The van der Waals surface area contributed by atoms with E-state index in [-0.39, 0.29) is 13.2 Å². The lowest BCUT2D eigenvalue weighted by Gasteiger charge is -2.02. The topological polar surface area (TPSA) is 86.5 Å². The van der Waals surface area contributed by atoms with Crippen molar-refractivity contribution in [3.8, 4) is 0 Å². The largest absolute Gasteiger partial charge is 0.535 e. The molecule has 84 valence electrons. The van der Waals surface area contributed by atoms with E-state index in [0.29, 0.717) is 11.0 Å². The van der Waals surface area contributed by atoms with Crippen LogP contribution in [0.5, 0.6) is 0 Å². The Morgan fingerprint density at radius 1 is 1.44 bits per heavy atom. The summed E-state index contributed by atoms with van der Waals surface area (Å²) in [6, 6.07) is 7.01. The Hall–Kier alpha value is -2.15. The molecule has 0 radical (unpaired) electrons. The molecular weight excluding hydrogens is 214 g/mol. The highest BCUT2D eigenvalue weighted by Gasteiger charge is 2.10. The van der Waals surface area contributed by atoms with Gasteiger partial charge in [0.2, 0.25) is 0 Å². The zero-order chi connectivity index (χ0) is 11.4. The van der Waals surface area contributed by atoms with E-state index in [9.17, 15) is 4.79 Å². The van der Waals surface area contributed by atoms with Gasteiger partial charge in [-0.1, -0.05) is 17.0 Å². The molecule has 0 bridgehead atoms. The zero-order valence-electron chi connectivity index (χ0n) is 8.24. The second kappa shape index (κ2) is 4.58. The van der Waals surface area contributed by atoms with E-state index in [2.05, 4.69) is 15.0 Å². The van der Waals surface area contributed by atoms with Crippen LogP contribution in [-0.4, -0.2) is 39.6 Å². The van der Waals surface area contributed by atoms with Crippen molar-refractivity contribution in [2.24, 2.45) is 0 Å². The number of nitrogens with zero attached hydrogens (tertiary/aromatic N) is 3. The van der Waals surface area contributed by atoms with Gasteiger partial charge in [0.15, 0.2) is 0 Å². The number of carbonyl (C=O) groups is 1. The van der Waals surface area contributed by atoms with Crippen LogP contribution in [0, 0.1) is 0 Å². The summed E-state index contributed by atoms with van der Waals surface area (Å²) in [6.45, 7) is -0.376. The minimum atomic E-state index is -0.940. The molecule has 0 aliphatic heterocycles. The van der Waals surface area contributed by atoms with Gasteiger partial charge in [0.1, 0.15) is 17.6 Å². The highest BCUT2D eigenvalue weighted by atomic mass is 16.8. The highest BCUT2D eigenvalue weighted by Crippen LogP contribution is 2.07. The Kier molecular flexibility index (Phi) is 2.97. The number of benzene rings is 1. The van der Waals surface area contributed by atoms with Crippen LogP contribution in [0.15, 0.2) is 24.3 Å². The van der Waals surface area contributed by atoms with Crippen LogP contribution in [0.25, 0.3) is 11.0 Å². The number of aliphatic hydroxyl groups excluding tert-OH is 1. The quantitative estimate of drug-likeness (QED) is 0.581. The normalized spacial score (nSPS) is 10.3. The Morgan fingerprint density at radius 2 is 2.25 bits per heavy atom. The second-order valence-electron chi connectivity index (χ2n) is 2.86. The summed E-state index contributed by atoms with van der Waals surface area (Å²) in [5, 5.41) is 15.9. The lowest BCUT2D eigenvalue weighted by atomic mass is 10.3. The van der Waals surface area contributed by atoms with E-state index >= 15 is 0 Å². The number of para-hydroxylation sites is 1. The van der Waals surface area contributed by atoms with Crippen molar-refractivity contribution in [2.75, 3.05) is 13.2 Å². The Bertz CT molecular complexity index is 496. The molecule has 16 heavy (non-hydrogen) atoms. The van der Waals surface area contributed by atoms with E-state index in [0.717, 1.165) is 4.85 Å². The summed E-state index contributed by atoms with van der Waals surface area (Å²) >= 11 is 0. The zero-order valence-corrected chi connectivity index (χ0v) is 8.24. The number of aromatic nitrogens is 3. The molecule has 0 amide bonds. The lowest BCUT2D eigenvalue weighted by molar-refractivity contribution is 0.0300. The van der Waals surface area contributed by atoms with Gasteiger partial charge >= 0.3 is 6.16 Å². The summed E-state index contributed by atoms with van der Waals surface area (Å²) in [4.78, 5) is 16.8. The predicted molar refractivity (Wildman–Crippen MR) is 52.5 cm³/mol. The van der Waals surface area contributed by atoms with Gasteiger partial charge in [0.05, 0.1) is 6.61 Å². The molecule has 0 unspecified atom stereocenters. The minimum Gasteiger partial charge on any atom is -0.430 e. The Balaban J connectivity index is 2.12. The number of rotatable bonds is 3. The first kappa shape index (κ1) is 10.4. The van der Waals surface area contributed by atoms with Crippen LogP contribution in [0.4, 0.5) is 4.79 Å². The molecular formula is C9H9N3O4. The van der Waals surface area contributed by atoms with Crippen LogP contribution in [0.2, 0.25) is 0 Å². The van der Waals surface area contributed by atoms with Crippen molar-refractivity contribution in [3.63, 3.8) is 0 Å². The summed E-state index contributed by atoms with van der Waals surface area (Å²) in [5.41, 5.74) is 1.17. The minimum absolute atomic E-state index is 0.120. The molecule has 0 saturated carbocycles. The molecule has 0 aliphatic rings. The third-order valence-electron chi connectivity index (χ3n) is 1.79. The summed E-state index contributed by atoms with van der Waals surface area (Å²) in [5.74, 6) is 0. The monoisotopic (exact) mass is 223 g/mol. The van der Waals surface area contributed by atoms with E-state index in [1.54, 1.807) is 24.3 Å². The predicted octanol–water partition coefficient (Wildman–Crippen LogP) is -0.0112. The number of aliphatic hydroxyl groups is 1. The van der Waals surface area contributed by atoms with Gasteiger partial charge in [-0.05, 0) is 17.3 Å². The molecule has 0 fully saturated rings. The number of ether oxygens (including phenoxy) is 1. The third-order valence-corrected chi connectivity index (χ3v) is 1.79. The van der Waals surface area contributed by atoms with Gasteiger partial charge < -0.3 is 9.84 Å². The lowest BCUT2D eigenvalue weighted by Crippen LogP contribution is -2.23. The van der Waals surface area contributed by atoms with Crippen LogP contribution < -0.4 is 4.84 Å². The Labute approximate surface area is 90.1 Å². The van der Waals surface area contributed by atoms with E-state index in [1.807, 2.05) is 0 Å². The molecule has 0 saturated heterocycles. The van der Waals surface area contributed by atoms with Crippen molar-refractivity contribution in [2.45, 2.75) is 0 Å². The summed E-state index contributed by atoms with van der Waals surface area (Å²) < 4.78 is 4.51. The van der Waals surface area contributed by atoms with Crippen LogP contribution in [-0.2, 0) is 4.74 Å². The molecule has 7 heteroatoms. The fourth-order valence-corrected chi connectivity index (χ4v) is 1.14. The van der Waals surface area contributed by atoms with Crippen LogP contribution >= 0.6 is 0 Å². The van der Waals surface area contributed by atoms with Gasteiger partial charge in [-0.3, -0.25) is 4.84 Å². The number of fused-ring (bicyclic) bond motifs is 1. The fraction of sp³-hybridized carbons (Fsp3) is 0.222. The van der Waals surface area contributed by atoms with Crippen molar-refractivity contribution in [1.82, 2.24) is 15.2 Å². The number of hydrogen-bond donors (Lipinski definition) is 1. The van der Waals surface area contributed by atoms with Crippen molar-refractivity contribution < 1.29 is 19.5 Å². The van der Waals surface area contributed by atoms with Gasteiger partial charge in [-0.25, -0.2) is 4.79 Å².